The van der Waals surface area contributed by atoms with Crippen molar-refractivity contribution < 1.29 is 0 Å². The van der Waals surface area contributed by atoms with Crippen molar-refractivity contribution in [2.75, 3.05) is 0 Å². The highest BCUT2D eigenvalue weighted by atomic mass is 32.1. The van der Waals surface area contributed by atoms with Crippen LogP contribution in [0.1, 0.15) is 55.4 Å². The van der Waals surface area contributed by atoms with Gasteiger partial charge in [-0.05, 0) is 41.3 Å². The number of thiophene rings is 1. The van der Waals surface area contributed by atoms with E-state index < -0.39 is 0 Å². The quantitative estimate of drug-likeness (QED) is 0.657. The SMILES string of the molecule is NNC(Cc1ccn(C2CCCCC2)n1)c1ccsc1. The largest absolute Gasteiger partial charge is 0.271 e. The van der Waals surface area contributed by atoms with Gasteiger partial charge in [-0.1, -0.05) is 19.3 Å². The monoisotopic (exact) mass is 290 g/mol. The maximum Gasteiger partial charge on any atom is 0.0644 e. The van der Waals surface area contributed by atoms with Gasteiger partial charge in [0.15, 0.2) is 0 Å². The van der Waals surface area contributed by atoms with E-state index in [1.807, 2.05) is 0 Å². The Kier molecular flexibility index (Phi) is 4.50. The molecule has 20 heavy (non-hydrogen) atoms. The van der Waals surface area contributed by atoms with Gasteiger partial charge in [0.2, 0.25) is 0 Å². The molecule has 0 spiro atoms. The molecule has 1 aliphatic carbocycles. The van der Waals surface area contributed by atoms with E-state index in [0.717, 1.165) is 12.1 Å². The number of aromatic nitrogens is 2. The second-order valence-corrected chi connectivity index (χ2v) is 6.34. The number of nitrogens with zero attached hydrogens (tertiary/aromatic N) is 2. The van der Waals surface area contributed by atoms with Crippen molar-refractivity contribution in [2.24, 2.45) is 5.84 Å². The van der Waals surface area contributed by atoms with E-state index >= 15 is 0 Å². The second kappa shape index (κ2) is 6.52. The van der Waals surface area contributed by atoms with Crippen LogP contribution in [0.25, 0.3) is 0 Å². The molecule has 2 aromatic rings. The summed E-state index contributed by atoms with van der Waals surface area (Å²) < 4.78 is 2.16. The van der Waals surface area contributed by atoms with Crippen LogP contribution in [0, 0.1) is 0 Å². The van der Waals surface area contributed by atoms with Crippen molar-refractivity contribution in [2.45, 2.75) is 50.6 Å². The van der Waals surface area contributed by atoms with Crippen LogP contribution < -0.4 is 11.3 Å². The van der Waals surface area contributed by atoms with Gasteiger partial charge in [0.05, 0.1) is 17.8 Å². The minimum absolute atomic E-state index is 0.149. The Morgan fingerprint density at radius 2 is 2.20 bits per heavy atom. The van der Waals surface area contributed by atoms with Gasteiger partial charge in [0.25, 0.3) is 0 Å². The molecule has 5 heteroatoms. The topological polar surface area (TPSA) is 55.9 Å². The highest BCUT2D eigenvalue weighted by molar-refractivity contribution is 7.07. The number of rotatable bonds is 5. The zero-order chi connectivity index (χ0) is 13.8. The molecule has 2 heterocycles. The second-order valence-electron chi connectivity index (χ2n) is 5.56. The van der Waals surface area contributed by atoms with Gasteiger partial charge in [-0.25, -0.2) is 0 Å². The van der Waals surface area contributed by atoms with Gasteiger partial charge >= 0.3 is 0 Å². The molecule has 1 unspecified atom stereocenters. The molecule has 0 aromatic carbocycles. The Balaban J connectivity index is 1.67. The fourth-order valence-corrected chi connectivity index (χ4v) is 3.70. The zero-order valence-corrected chi connectivity index (χ0v) is 12.5. The molecular formula is C15H22N4S. The van der Waals surface area contributed by atoms with Crippen LogP contribution in [0.5, 0.6) is 0 Å². The molecule has 0 radical (unpaired) electrons. The fourth-order valence-electron chi connectivity index (χ4n) is 2.99. The first kappa shape index (κ1) is 13.8. The summed E-state index contributed by atoms with van der Waals surface area (Å²) in [6.45, 7) is 0. The summed E-state index contributed by atoms with van der Waals surface area (Å²) in [7, 11) is 0. The van der Waals surface area contributed by atoms with Gasteiger partial charge in [0.1, 0.15) is 0 Å². The van der Waals surface area contributed by atoms with Crippen LogP contribution in [0.15, 0.2) is 29.1 Å². The van der Waals surface area contributed by atoms with Gasteiger partial charge in [-0.3, -0.25) is 16.0 Å². The molecule has 0 aliphatic heterocycles. The molecule has 3 N–H and O–H groups in total. The van der Waals surface area contributed by atoms with E-state index in [0.29, 0.717) is 6.04 Å². The summed E-state index contributed by atoms with van der Waals surface area (Å²) in [6, 6.07) is 5.00. The molecule has 1 aliphatic rings. The molecule has 3 rings (SSSR count). The highest BCUT2D eigenvalue weighted by Crippen LogP contribution is 2.28. The number of nitrogens with one attached hydrogen (secondary N) is 1. The first-order chi connectivity index (χ1) is 9.86. The predicted octanol–water partition coefficient (Wildman–Crippen LogP) is 3.20. The third-order valence-corrected chi connectivity index (χ3v) is 4.87. The molecule has 0 bridgehead atoms. The van der Waals surface area contributed by atoms with Gasteiger partial charge < -0.3 is 0 Å². The van der Waals surface area contributed by atoms with Crippen molar-refractivity contribution in [1.29, 1.82) is 0 Å². The summed E-state index contributed by atoms with van der Waals surface area (Å²) >= 11 is 1.70. The lowest BCUT2D eigenvalue weighted by atomic mass is 9.96. The maximum absolute atomic E-state index is 5.68. The van der Waals surface area contributed by atoms with Gasteiger partial charge in [-0.15, -0.1) is 0 Å². The van der Waals surface area contributed by atoms with Crippen LogP contribution in [0.3, 0.4) is 0 Å². The Morgan fingerprint density at radius 3 is 2.90 bits per heavy atom. The average molecular weight is 290 g/mol. The summed E-state index contributed by atoms with van der Waals surface area (Å²) in [5.41, 5.74) is 5.26. The van der Waals surface area contributed by atoms with Crippen LogP contribution >= 0.6 is 11.3 Å². The first-order valence-corrected chi connectivity index (χ1v) is 8.33. The smallest absolute Gasteiger partial charge is 0.0644 e. The number of hydrogen-bond donors (Lipinski definition) is 2. The molecule has 0 saturated heterocycles. The van der Waals surface area contributed by atoms with Crippen LogP contribution in [0.4, 0.5) is 0 Å². The van der Waals surface area contributed by atoms with Gasteiger partial charge in [-0.2, -0.15) is 16.4 Å². The molecule has 1 saturated carbocycles. The third-order valence-electron chi connectivity index (χ3n) is 4.17. The van der Waals surface area contributed by atoms with Crippen LogP contribution in [0.2, 0.25) is 0 Å². The van der Waals surface area contributed by atoms with E-state index in [-0.39, 0.29) is 6.04 Å². The lowest BCUT2D eigenvalue weighted by Gasteiger charge is -2.22. The molecule has 4 nitrogen and oxygen atoms in total. The lowest BCUT2D eigenvalue weighted by Crippen LogP contribution is -2.29. The van der Waals surface area contributed by atoms with Crippen molar-refractivity contribution in [3.8, 4) is 0 Å². The van der Waals surface area contributed by atoms with Crippen LogP contribution in [-0.2, 0) is 6.42 Å². The van der Waals surface area contributed by atoms with Crippen molar-refractivity contribution >= 4 is 11.3 Å². The van der Waals surface area contributed by atoms with E-state index in [9.17, 15) is 0 Å². The van der Waals surface area contributed by atoms with E-state index in [2.05, 4.69) is 39.2 Å². The Labute approximate surface area is 124 Å². The van der Waals surface area contributed by atoms with E-state index in [4.69, 9.17) is 10.9 Å². The number of hydrogen-bond acceptors (Lipinski definition) is 4. The highest BCUT2D eigenvalue weighted by Gasteiger charge is 2.17. The summed E-state index contributed by atoms with van der Waals surface area (Å²) in [6.07, 6.45) is 9.55. The predicted molar refractivity (Wildman–Crippen MR) is 82.4 cm³/mol. The zero-order valence-electron chi connectivity index (χ0n) is 11.7. The molecule has 1 fully saturated rings. The van der Waals surface area contributed by atoms with Crippen molar-refractivity contribution in [3.05, 3.63) is 40.3 Å². The molecule has 108 valence electrons. The molecule has 2 aromatic heterocycles. The molecular weight excluding hydrogens is 268 g/mol. The van der Waals surface area contributed by atoms with Crippen LogP contribution in [-0.4, -0.2) is 9.78 Å². The lowest BCUT2D eigenvalue weighted by molar-refractivity contribution is 0.327. The maximum atomic E-state index is 5.68. The number of nitrogens with two attached hydrogens (primary N) is 1. The Hall–Kier alpha value is -1.17. The summed E-state index contributed by atoms with van der Waals surface area (Å²) in [4.78, 5) is 0. The summed E-state index contributed by atoms with van der Waals surface area (Å²) in [5, 5.41) is 8.98. The average Bonchev–Trinajstić information content (AvgIpc) is 3.17. The normalized spacial score (nSPS) is 18.2. The van der Waals surface area contributed by atoms with Crippen molar-refractivity contribution in [3.63, 3.8) is 0 Å². The van der Waals surface area contributed by atoms with E-state index in [1.54, 1.807) is 11.3 Å². The Bertz CT molecular complexity index is 514. The third kappa shape index (κ3) is 3.11. The minimum Gasteiger partial charge on any atom is -0.271 e. The number of hydrazine groups is 1. The molecule has 1 atom stereocenters. The summed E-state index contributed by atoms with van der Waals surface area (Å²) in [5.74, 6) is 5.68. The van der Waals surface area contributed by atoms with E-state index in [1.165, 1.54) is 37.7 Å². The van der Waals surface area contributed by atoms with Crippen molar-refractivity contribution in [1.82, 2.24) is 15.2 Å². The van der Waals surface area contributed by atoms with Gasteiger partial charge in [0, 0.05) is 12.6 Å². The Morgan fingerprint density at radius 1 is 1.35 bits per heavy atom. The minimum atomic E-state index is 0.149. The standard InChI is InChI=1S/C15H22N4S/c16-17-15(12-7-9-20-11-12)10-13-6-8-19(18-13)14-4-2-1-3-5-14/h6-9,11,14-15,17H,1-5,10,16H2. The first-order valence-electron chi connectivity index (χ1n) is 7.39. The fraction of sp³-hybridized carbons (Fsp3) is 0.533. The molecule has 0 amide bonds.